The van der Waals surface area contributed by atoms with E-state index in [-0.39, 0.29) is 5.91 Å². The van der Waals surface area contributed by atoms with Crippen molar-refractivity contribution in [3.63, 3.8) is 0 Å². The number of fused-ring (bicyclic) bond motifs is 1. The lowest BCUT2D eigenvalue weighted by atomic mass is 10.2. The molecule has 0 spiro atoms. The Morgan fingerprint density at radius 3 is 2.74 bits per heavy atom. The van der Waals surface area contributed by atoms with Gasteiger partial charge in [0.1, 0.15) is 0 Å². The number of benzene rings is 1. The molecule has 0 radical (unpaired) electrons. The molecule has 1 aliphatic rings. The monoisotopic (exact) mass is 295 g/mol. The zero-order valence-electron chi connectivity index (χ0n) is 9.96. The summed E-state index contributed by atoms with van der Waals surface area (Å²) in [5.41, 5.74) is 2.91. The number of amides is 1. The van der Waals surface area contributed by atoms with Gasteiger partial charge >= 0.3 is 0 Å². The van der Waals surface area contributed by atoms with Gasteiger partial charge in [-0.15, -0.1) is 0 Å². The normalized spacial score (nSPS) is 13.4. The Kier molecular flexibility index (Phi) is 3.21. The number of rotatable bonds is 2. The SMILES string of the molecule is O=C(Nc1c(Cl)cccc1Cl)c1n[nH]c2c1CCC2. The Bertz CT molecular complexity index is 631. The van der Waals surface area contributed by atoms with E-state index in [9.17, 15) is 4.79 Å². The molecule has 0 aliphatic heterocycles. The molecule has 4 nitrogen and oxygen atoms in total. The van der Waals surface area contributed by atoms with Gasteiger partial charge in [-0.05, 0) is 31.4 Å². The first kappa shape index (κ1) is 12.5. The number of hydrogen-bond acceptors (Lipinski definition) is 2. The van der Waals surface area contributed by atoms with Crippen molar-refractivity contribution in [2.24, 2.45) is 0 Å². The van der Waals surface area contributed by atoms with Crippen molar-refractivity contribution in [2.75, 3.05) is 5.32 Å². The highest BCUT2D eigenvalue weighted by Gasteiger charge is 2.23. The van der Waals surface area contributed by atoms with Crippen molar-refractivity contribution in [2.45, 2.75) is 19.3 Å². The average molecular weight is 296 g/mol. The topological polar surface area (TPSA) is 57.8 Å². The minimum atomic E-state index is -0.283. The molecule has 0 saturated carbocycles. The third kappa shape index (κ3) is 2.22. The number of halogens is 2. The molecule has 0 atom stereocenters. The van der Waals surface area contributed by atoms with Crippen LogP contribution in [-0.4, -0.2) is 16.1 Å². The van der Waals surface area contributed by atoms with Crippen LogP contribution in [0.1, 0.15) is 28.2 Å². The molecule has 0 saturated heterocycles. The van der Waals surface area contributed by atoms with Gasteiger partial charge < -0.3 is 5.32 Å². The highest BCUT2D eigenvalue weighted by Crippen LogP contribution is 2.31. The van der Waals surface area contributed by atoms with Crippen molar-refractivity contribution in [1.29, 1.82) is 0 Å². The van der Waals surface area contributed by atoms with Gasteiger partial charge in [0.15, 0.2) is 5.69 Å². The summed E-state index contributed by atoms with van der Waals surface area (Å²) in [5.74, 6) is -0.283. The first-order valence-corrected chi connectivity index (χ1v) is 6.74. The van der Waals surface area contributed by atoms with Crippen molar-refractivity contribution < 1.29 is 4.79 Å². The summed E-state index contributed by atoms with van der Waals surface area (Å²) in [7, 11) is 0. The van der Waals surface area contributed by atoms with Crippen LogP contribution < -0.4 is 5.32 Å². The summed E-state index contributed by atoms with van der Waals surface area (Å²) in [6.45, 7) is 0. The Labute approximate surface area is 120 Å². The number of hydrogen-bond donors (Lipinski definition) is 2. The number of aryl methyl sites for hydroxylation is 1. The summed E-state index contributed by atoms with van der Waals surface area (Å²) < 4.78 is 0. The van der Waals surface area contributed by atoms with Gasteiger partial charge in [-0.25, -0.2) is 0 Å². The van der Waals surface area contributed by atoms with Gasteiger partial charge in [0, 0.05) is 11.3 Å². The van der Waals surface area contributed by atoms with Crippen molar-refractivity contribution in [3.05, 3.63) is 45.2 Å². The standard InChI is InChI=1S/C13H11Cl2N3O/c14-8-4-2-5-9(15)12(8)16-13(19)11-7-3-1-6-10(7)17-18-11/h2,4-5H,1,3,6H2,(H,16,19)(H,17,18). The highest BCUT2D eigenvalue weighted by atomic mass is 35.5. The second kappa shape index (κ2) is 4.87. The molecule has 6 heteroatoms. The van der Waals surface area contributed by atoms with E-state index < -0.39 is 0 Å². The van der Waals surface area contributed by atoms with E-state index in [0.29, 0.717) is 21.4 Å². The number of carbonyl (C=O) groups is 1. The zero-order valence-corrected chi connectivity index (χ0v) is 11.5. The maximum absolute atomic E-state index is 12.2. The molecule has 2 aromatic rings. The van der Waals surface area contributed by atoms with Crippen LogP contribution in [0.3, 0.4) is 0 Å². The quantitative estimate of drug-likeness (QED) is 0.891. The molecule has 1 amide bonds. The highest BCUT2D eigenvalue weighted by molar-refractivity contribution is 6.40. The van der Waals surface area contributed by atoms with Crippen LogP contribution in [0.5, 0.6) is 0 Å². The second-order valence-corrected chi connectivity index (χ2v) is 5.25. The Balaban J connectivity index is 1.89. The molecule has 98 valence electrons. The fourth-order valence-corrected chi connectivity index (χ4v) is 2.79. The Morgan fingerprint density at radius 1 is 1.26 bits per heavy atom. The van der Waals surface area contributed by atoms with E-state index in [1.165, 1.54) is 0 Å². The molecule has 0 bridgehead atoms. The van der Waals surface area contributed by atoms with E-state index in [0.717, 1.165) is 30.5 Å². The molecule has 1 aliphatic carbocycles. The zero-order chi connectivity index (χ0) is 13.4. The number of anilines is 1. The molecule has 1 aromatic carbocycles. The lowest BCUT2D eigenvalue weighted by molar-refractivity contribution is 0.102. The number of aromatic nitrogens is 2. The molecule has 0 fully saturated rings. The van der Waals surface area contributed by atoms with E-state index in [2.05, 4.69) is 15.5 Å². The lowest BCUT2D eigenvalue weighted by Gasteiger charge is -2.08. The maximum Gasteiger partial charge on any atom is 0.276 e. The average Bonchev–Trinajstić information content (AvgIpc) is 2.95. The summed E-state index contributed by atoms with van der Waals surface area (Å²) in [6.07, 6.45) is 2.88. The Hall–Kier alpha value is -1.52. The van der Waals surface area contributed by atoms with E-state index >= 15 is 0 Å². The summed E-state index contributed by atoms with van der Waals surface area (Å²) in [6, 6.07) is 5.09. The maximum atomic E-state index is 12.2. The van der Waals surface area contributed by atoms with Crippen LogP contribution in [0.4, 0.5) is 5.69 Å². The first-order chi connectivity index (χ1) is 9.16. The van der Waals surface area contributed by atoms with Crippen LogP contribution in [-0.2, 0) is 12.8 Å². The third-order valence-electron chi connectivity index (χ3n) is 3.22. The molecule has 1 aromatic heterocycles. The predicted octanol–water partition coefficient (Wildman–Crippen LogP) is 3.46. The van der Waals surface area contributed by atoms with Gasteiger partial charge in [0.25, 0.3) is 5.91 Å². The summed E-state index contributed by atoms with van der Waals surface area (Å²) >= 11 is 12.0. The van der Waals surface area contributed by atoms with E-state index in [4.69, 9.17) is 23.2 Å². The van der Waals surface area contributed by atoms with Crippen LogP contribution in [0.25, 0.3) is 0 Å². The minimum Gasteiger partial charge on any atom is -0.318 e. The predicted molar refractivity (Wildman–Crippen MR) is 75.0 cm³/mol. The van der Waals surface area contributed by atoms with Gasteiger partial charge in [-0.1, -0.05) is 29.3 Å². The van der Waals surface area contributed by atoms with Gasteiger partial charge in [0.2, 0.25) is 0 Å². The number of nitrogens with zero attached hydrogens (tertiary/aromatic N) is 1. The molecular weight excluding hydrogens is 285 g/mol. The van der Waals surface area contributed by atoms with Crippen LogP contribution in [0, 0.1) is 0 Å². The van der Waals surface area contributed by atoms with Gasteiger partial charge in [0.05, 0.1) is 15.7 Å². The largest absolute Gasteiger partial charge is 0.318 e. The number of aromatic amines is 1. The van der Waals surface area contributed by atoms with Crippen LogP contribution >= 0.6 is 23.2 Å². The molecule has 19 heavy (non-hydrogen) atoms. The molecule has 2 N–H and O–H groups in total. The van der Waals surface area contributed by atoms with Crippen molar-refractivity contribution >= 4 is 34.8 Å². The van der Waals surface area contributed by atoms with Gasteiger partial charge in [-0.2, -0.15) is 5.10 Å². The van der Waals surface area contributed by atoms with E-state index in [1.807, 2.05) is 0 Å². The van der Waals surface area contributed by atoms with Crippen LogP contribution in [0.2, 0.25) is 10.0 Å². The fraction of sp³-hybridized carbons (Fsp3) is 0.231. The molecule has 1 heterocycles. The number of nitrogens with one attached hydrogen (secondary N) is 2. The number of para-hydroxylation sites is 1. The lowest BCUT2D eigenvalue weighted by Crippen LogP contribution is -2.14. The number of H-pyrrole nitrogens is 1. The molecule has 0 unspecified atom stereocenters. The third-order valence-corrected chi connectivity index (χ3v) is 3.85. The van der Waals surface area contributed by atoms with Gasteiger partial charge in [-0.3, -0.25) is 9.89 Å². The summed E-state index contributed by atoms with van der Waals surface area (Å²) in [5, 5.41) is 10.5. The minimum absolute atomic E-state index is 0.283. The molecule has 3 rings (SSSR count). The van der Waals surface area contributed by atoms with E-state index in [1.54, 1.807) is 18.2 Å². The second-order valence-electron chi connectivity index (χ2n) is 4.43. The Morgan fingerprint density at radius 2 is 2.00 bits per heavy atom. The van der Waals surface area contributed by atoms with Crippen molar-refractivity contribution in [1.82, 2.24) is 10.2 Å². The molecular formula is C13H11Cl2N3O. The van der Waals surface area contributed by atoms with Crippen molar-refractivity contribution in [3.8, 4) is 0 Å². The van der Waals surface area contributed by atoms with Crippen LogP contribution in [0.15, 0.2) is 18.2 Å². The first-order valence-electron chi connectivity index (χ1n) is 5.98. The number of carbonyl (C=O) groups excluding carboxylic acids is 1. The summed E-state index contributed by atoms with van der Waals surface area (Å²) in [4.78, 5) is 12.2. The fourth-order valence-electron chi connectivity index (χ4n) is 2.30. The smallest absolute Gasteiger partial charge is 0.276 e.